The zero-order chi connectivity index (χ0) is 12.6. The number of rotatable bonds is 2. The van der Waals surface area contributed by atoms with Crippen molar-refractivity contribution in [1.29, 1.82) is 0 Å². The third-order valence-corrected chi connectivity index (χ3v) is 4.37. The van der Waals surface area contributed by atoms with Crippen molar-refractivity contribution in [1.82, 2.24) is 0 Å². The first-order valence-electron chi connectivity index (χ1n) is 5.87. The van der Waals surface area contributed by atoms with Crippen LogP contribution in [-0.2, 0) is 5.60 Å². The molecule has 1 saturated carbocycles. The molecule has 0 aliphatic heterocycles. The zero-order valence-corrected chi connectivity index (χ0v) is 11.2. The molecule has 0 radical (unpaired) electrons. The van der Waals surface area contributed by atoms with E-state index in [4.69, 9.17) is 0 Å². The molecule has 1 N–H and O–H groups in total. The van der Waals surface area contributed by atoms with Crippen LogP contribution < -0.4 is 0 Å². The van der Waals surface area contributed by atoms with Gasteiger partial charge in [0.15, 0.2) is 0 Å². The summed E-state index contributed by atoms with van der Waals surface area (Å²) in [4.78, 5) is 0. The number of halogens is 3. The van der Waals surface area contributed by atoms with Crippen molar-refractivity contribution >= 4 is 15.9 Å². The van der Waals surface area contributed by atoms with Crippen LogP contribution in [0.1, 0.15) is 38.2 Å². The largest absolute Gasteiger partial charge is 0.385 e. The van der Waals surface area contributed by atoms with E-state index in [9.17, 15) is 13.9 Å². The lowest BCUT2D eigenvalue weighted by atomic mass is 9.82. The fraction of sp³-hybridized carbons (Fsp3) is 0.538. The highest BCUT2D eigenvalue weighted by Gasteiger charge is 2.45. The quantitative estimate of drug-likeness (QED) is 0.815. The lowest BCUT2D eigenvalue weighted by Gasteiger charge is -2.31. The molecule has 94 valence electrons. The average Bonchev–Trinajstić information content (AvgIpc) is 2.66. The highest BCUT2D eigenvalue weighted by Crippen LogP contribution is 2.47. The normalized spacial score (nSPS) is 28.6. The zero-order valence-electron chi connectivity index (χ0n) is 9.64. The van der Waals surface area contributed by atoms with Gasteiger partial charge in [0.25, 0.3) is 0 Å². The van der Waals surface area contributed by atoms with Crippen molar-refractivity contribution < 1.29 is 13.9 Å². The summed E-state index contributed by atoms with van der Waals surface area (Å²) in [6.45, 7) is 1.94. The molecule has 1 aromatic rings. The van der Waals surface area contributed by atoms with Gasteiger partial charge in [-0.25, -0.2) is 8.78 Å². The van der Waals surface area contributed by atoms with E-state index in [1.165, 1.54) is 12.1 Å². The minimum absolute atomic E-state index is 0.0687. The standard InChI is InChI=1S/C13H15BrF2O/c1-2-8-4-3-7-13(8,17)11-10(15)6-5-9(14)12(11)16/h5-6,8,17H,2-4,7H2,1H3. The lowest BCUT2D eigenvalue weighted by molar-refractivity contribution is -0.0105. The van der Waals surface area contributed by atoms with Gasteiger partial charge in [-0.2, -0.15) is 0 Å². The highest BCUT2D eigenvalue weighted by molar-refractivity contribution is 9.10. The first-order chi connectivity index (χ1) is 8.00. The van der Waals surface area contributed by atoms with Crippen LogP contribution in [0.5, 0.6) is 0 Å². The third-order valence-electron chi connectivity index (χ3n) is 3.76. The summed E-state index contributed by atoms with van der Waals surface area (Å²) < 4.78 is 28.0. The van der Waals surface area contributed by atoms with Crippen molar-refractivity contribution in [2.45, 2.75) is 38.2 Å². The summed E-state index contributed by atoms with van der Waals surface area (Å²) >= 11 is 3.04. The van der Waals surface area contributed by atoms with E-state index < -0.39 is 17.2 Å². The topological polar surface area (TPSA) is 20.2 Å². The molecule has 0 aromatic heterocycles. The van der Waals surface area contributed by atoms with E-state index >= 15 is 0 Å². The predicted molar refractivity (Wildman–Crippen MR) is 65.6 cm³/mol. The smallest absolute Gasteiger partial charge is 0.146 e. The van der Waals surface area contributed by atoms with Gasteiger partial charge in [-0.1, -0.05) is 13.3 Å². The maximum absolute atomic E-state index is 14.0. The number of benzene rings is 1. The average molecular weight is 305 g/mol. The Morgan fingerprint density at radius 3 is 2.82 bits per heavy atom. The SMILES string of the molecule is CCC1CCCC1(O)c1c(F)ccc(Br)c1F. The molecule has 0 spiro atoms. The summed E-state index contributed by atoms with van der Waals surface area (Å²) in [7, 11) is 0. The molecule has 1 nitrogen and oxygen atoms in total. The molecule has 1 aliphatic rings. The van der Waals surface area contributed by atoms with Gasteiger partial charge in [-0.3, -0.25) is 0 Å². The van der Waals surface area contributed by atoms with E-state index in [0.29, 0.717) is 6.42 Å². The van der Waals surface area contributed by atoms with Gasteiger partial charge in [0.1, 0.15) is 11.6 Å². The Bertz CT molecular complexity index is 436. The van der Waals surface area contributed by atoms with Crippen molar-refractivity contribution in [3.05, 3.63) is 33.8 Å². The second-order valence-electron chi connectivity index (χ2n) is 4.64. The molecule has 4 heteroatoms. The fourth-order valence-corrected chi connectivity index (χ4v) is 3.19. The van der Waals surface area contributed by atoms with Gasteiger partial charge < -0.3 is 5.11 Å². The number of hydrogen-bond acceptors (Lipinski definition) is 1. The van der Waals surface area contributed by atoms with Gasteiger partial charge in [-0.05, 0) is 53.2 Å². The molecular weight excluding hydrogens is 290 g/mol. The lowest BCUT2D eigenvalue weighted by Crippen LogP contribution is -2.32. The van der Waals surface area contributed by atoms with Crippen LogP contribution in [0.3, 0.4) is 0 Å². The Morgan fingerprint density at radius 2 is 2.18 bits per heavy atom. The van der Waals surface area contributed by atoms with E-state index in [1.807, 2.05) is 6.92 Å². The van der Waals surface area contributed by atoms with E-state index in [2.05, 4.69) is 15.9 Å². The molecule has 0 amide bonds. The number of aliphatic hydroxyl groups is 1. The van der Waals surface area contributed by atoms with Crippen molar-refractivity contribution in [3.63, 3.8) is 0 Å². The number of hydrogen-bond donors (Lipinski definition) is 1. The molecule has 1 aliphatic carbocycles. The van der Waals surface area contributed by atoms with Crippen molar-refractivity contribution in [2.75, 3.05) is 0 Å². The van der Waals surface area contributed by atoms with E-state index in [1.54, 1.807) is 0 Å². The van der Waals surface area contributed by atoms with Crippen LogP contribution in [0.2, 0.25) is 0 Å². The predicted octanol–water partition coefficient (Wildman–Crippen LogP) is 4.13. The van der Waals surface area contributed by atoms with Crippen molar-refractivity contribution in [3.8, 4) is 0 Å². The second kappa shape index (κ2) is 4.65. The summed E-state index contributed by atoms with van der Waals surface area (Å²) in [5.41, 5.74) is -1.52. The first kappa shape index (κ1) is 13.0. The molecule has 0 heterocycles. The van der Waals surface area contributed by atoms with Gasteiger partial charge >= 0.3 is 0 Å². The van der Waals surface area contributed by atoms with Crippen LogP contribution in [-0.4, -0.2) is 5.11 Å². The summed E-state index contributed by atoms with van der Waals surface area (Å²) in [5, 5.41) is 10.6. The van der Waals surface area contributed by atoms with Crippen LogP contribution in [0.4, 0.5) is 8.78 Å². The Balaban J connectivity index is 2.56. The Labute approximate surface area is 108 Å². The monoisotopic (exact) mass is 304 g/mol. The minimum Gasteiger partial charge on any atom is -0.385 e. The molecule has 0 saturated heterocycles. The van der Waals surface area contributed by atoms with Gasteiger partial charge in [0, 0.05) is 0 Å². The molecule has 2 rings (SSSR count). The maximum Gasteiger partial charge on any atom is 0.146 e. The third kappa shape index (κ3) is 2.02. The van der Waals surface area contributed by atoms with Crippen LogP contribution >= 0.6 is 15.9 Å². The van der Waals surface area contributed by atoms with E-state index in [-0.39, 0.29) is 16.0 Å². The van der Waals surface area contributed by atoms with Crippen LogP contribution in [0.25, 0.3) is 0 Å². The van der Waals surface area contributed by atoms with Crippen LogP contribution in [0, 0.1) is 17.6 Å². The summed E-state index contributed by atoms with van der Waals surface area (Å²) in [6, 6.07) is 2.53. The van der Waals surface area contributed by atoms with Crippen LogP contribution in [0.15, 0.2) is 16.6 Å². The van der Waals surface area contributed by atoms with Gasteiger partial charge in [0.2, 0.25) is 0 Å². The first-order valence-corrected chi connectivity index (χ1v) is 6.66. The Hall–Kier alpha value is -0.480. The molecule has 1 fully saturated rings. The van der Waals surface area contributed by atoms with E-state index in [0.717, 1.165) is 19.3 Å². The molecular formula is C13H15BrF2O. The second-order valence-corrected chi connectivity index (χ2v) is 5.49. The van der Waals surface area contributed by atoms with Crippen molar-refractivity contribution in [2.24, 2.45) is 5.92 Å². The van der Waals surface area contributed by atoms with Gasteiger partial charge in [0.05, 0.1) is 15.6 Å². The molecule has 17 heavy (non-hydrogen) atoms. The summed E-state index contributed by atoms with van der Waals surface area (Å²) in [5.74, 6) is -1.40. The highest BCUT2D eigenvalue weighted by atomic mass is 79.9. The van der Waals surface area contributed by atoms with Gasteiger partial charge in [-0.15, -0.1) is 0 Å². The Morgan fingerprint density at radius 1 is 1.47 bits per heavy atom. The molecule has 0 bridgehead atoms. The molecule has 2 unspecified atom stereocenters. The fourth-order valence-electron chi connectivity index (χ4n) is 2.86. The Kier molecular flexibility index (Phi) is 3.55. The maximum atomic E-state index is 14.0. The molecule has 1 aromatic carbocycles. The molecule has 2 atom stereocenters. The summed E-state index contributed by atoms with van der Waals surface area (Å²) in [6.07, 6.45) is 2.77. The minimum atomic E-state index is -1.35.